The van der Waals surface area contributed by atoms with Crippen molar-refractivity contribution in [1.82, 2.24) is 4.98 Å². The molecule has 4 heteroatoms. The lowest BCUT2D eigenvalue weighted by Crippen LogP contribution is -2.31. The van der Waals surface area contributed by atoms with E-state index in [-0.39, 0.29) is 11.8 Å². The van der Waals surface area contributed by atoms with Gasteiger partial charge in [-0.25, -0.2) is 4.98 Å². The quantitative estimate of drug-likeness (QED) is 0.849. The van der Waals surface area contributed by atoms with Gasteiger partial charge in [0.1, 0.15) is 5.01 Å². The number of ketones is 1. The maximum Gasteiger partial charge on any atom is 0.156 e. The maximum absolute atomic E-state index is 12.0. The van der Waals surface area contributed by atoms with Crippen LogP contribution in [0.3, 0.4) is 0 Å². The molecule has 0 aliphatic heterocycles. The first kappa shape index (κ1) is 14.9. The van der Waals surface area contributed by atoms with Gasteiger partial charge in [-0.2, -0.15) is 0 Å². The zero-order chi connectivity index (χ0) is 14.4. The summed E-state index contributed by atoms with van der Waals surface area (Å²) in [6, 6.07) is 9.65. The minimum absolute atomic E-state index is 0.0902. The number of hydrogen-bond acceptors (Lipinski definition) is 4. The molecule has 20 heavy (non-hydrogen) atoms. The lowest BCUT2D eigenvalue weighted by molar-refractivity contribution is -0.119. The van der Waals surface area contributed by atoms with Gasteiger partial charge in [0, 0.05) is 10.9 Å². The fourth-order valence-electron chi connectivity index (χ4n) is 2.00. The van der Waals surface area contributed by atoms with Crippen LogP contribution in [-0.2, 0) is 11.2 Å². The smallest absolute Gasteiger partial charge is 0.156 e. The Morgan fingerprint density at radius 2 is 2.10 bits per heavy atom. The average molecular weight is 288 g/mol. The molecule has 106 valence electrons. The van der Waals surface area contributed by atoms with Gasteiger partial charge in [0.25, 0.3) is 0 Å². The average Bonchev–Trinajstić information content (AvgIpc) is 2.94. The highest BCUT2D eigenvalue weighted by Gasteiger charge is 2.15. The maximum atomic E-state index is 12.0. The van der Waals surface area contributed by atoms with Crippen molar-refractivity contribution in [3.63, 3.8) is 0 Å². The first-order chi connectivity index (χ1) is 9.70. The highest BCUT2D eigenvalue weighted by Crippen LogP contribution is 2.22. The summed E-state index contributed by atoms with van der Waals surface area (Å²) < 4.78 is 0. The largest absolute Gasteiger partial charge is 0.321 e. The number of benzene rings is 1. The Kier molecular flexibility index (Phi) is 5.44. The third kappa shape index (κ3) is 3.99. The molecule has 3 nitrogen and oxygen atoms in total. The van der Waals surface area contributed by atoms with E-state index < -0.39 is 0 Å². The summed E-state index contributed by atoms with van der Waals surface area (Å²) in [4.78, 5) is 16.5. The van der Waals surface area contributed by atoms with Gasteiger partial charge in [-0.05, 0) is 6.42 Å². The number of thiazole rings is 1. The van der Waals surface area contributed by atoms with Crippen LogP contribution in [0.2, 0.25) is 0 Å². The van der Waals surface area contributed by atoms with Gasteiger partial charge in [0.15, 0.2) is 5.78 Å². The third-order valence-electron chi connectivity index (χ3n) is 3.23. The van der Waals surface area contributed by atoms with Crippen molar-refractivity contribution < 1.29 is 4.79 Å². The van der Waals surface area contributed by atoms with Gasteiger partial charge < -0.3 is 5.73 Å². The molecule has 0 saturated carbocycles. The Morgan fingerprint density at radius 1 is 1.35 bits per heavy atom. The predicted octanol–water partition coefficient (Wildman–Crippen LogP) is 3.44. The van der Waals surface area contributed by atoms with Crippen LogP contribution in [0.15, 0.2) is 35.7 Å². The van der Waals surface area contributed by atoms with Gasteiger partial charge in [-0.15, -0.1) is 11.3 Å². The Labute approximate surface area is 123 Å². The summed E-state index contributed by atoms with van der Waals surface area (Å²) in [7, 11) is 0. The van der Waals surface area contributed by atoms with E-state index in [4.69, 9.17) is 5.73 Å². The standard InChI is InChI=1S/C16H20N2OS/c1-2-3-9-13(17)15(19)10-16-18-14(11-20-16)12-7-5-4-6-8-12/h4-8,11,13H,2-3,9-10,17H2,1H3. The zero-order valence-corrected chi connectivity index (χ0v) is 12.5. The molecule has 0 radical (unpaired) electrons. The topological polar surface area (TPSA) is 56.0 Å². The lowest BCUT2D eigenvalue weighted by Gasteiger charge is -2.08. The SMILES string of the molecule is CCCCC(N)C(=O)Cc1nc(-c2ccccc2)cs1. The second kappa shape index (κ2) is 7.31. The van der Waals surface area contributed by atoms with Gasteiger partial charge >= 0.3 is 0 Å². The molecular weight excluding hydrogens is 268 g/mol. The molecule has 0 aliphatic rings. The monoisotopic (exact) mass is 288 g/mol. The van der Waals surface area contributed by atoms with Crippen LogP contribution in [-0.4, -0.2) is 16.8 Å². The van der Waals surface area contributed by atoms with E-state index in [2.05, 4.69) is 11.9 Å². The summed E-state index contributed by atoms with van der Waals surface area (Å²) in [5, 5.41) is 2.84. The normalized spacial score (nSPS) is 12.3. The number of carbonyl (C=O) groups excluding carboxylic acids is 1. The molecule has 1 aromatic carbocycles. The minimum atomic E-state index is -0.348. The van der Waals surface area contributed by atoms with Gasteiger partial charge in [-0.1, -0.05) is 50.1 Å². The Bertz CT molecular complexity index is 551. The molecular formula is C16H20N2OS. The van der Waals surface area contributed by atoms with E-state index in [0.29, 0.717) is 6.42 Å². The highest BCUT2D eigenvalue weighted by atomic mass is 32.1. The van der Waals surface area contributed by atoms with Crippen molar-refractivity contribution in [3.05, 3.63) is 40.7 Å². The predicted molar refractivity (Wildman–Crippen MR) is 83.8 cm³/mol. The van der Waals surface area contributed by atoms with Crippen molar-refractivity contribution in [2.75, 3.05) is 0 Å². The minimum Gasteiger partial charge on any atom is -0.321 e. The third-order valence-corrected chi connectivity index (χ3v) is 4.08. The van der Waals surface area contributed by atoms with Crippen molar-refractivity contribution >= 4 is 17.1 Å². The summed E-state index contributed by atoms with van der Waals surface area (Å²) in [6.45, 7) is 2.10. The number of Topliss-reactive ketones (excluding diaryl/α,β-unsaturated/α-hetero) is 1. The van der Waals surface area contributed by atoms with Crippen LogP contribution in [0.5, 0.6) is 0 Å². The van der Waals surface area contributed by atoms with E-state index in [9.17, 15) is 4.79 Å². The van der Waals surface area contributed by atoms with Crippen molar-refractivity contribution in [2.24, 2.45) is 5.73 Å². The Hall–Kier alpha value is -1.52. The molecule has 0 fully saturated rings. The summed E-state index contributed by atoms with van der Waals surface area (Å²) in [6.07, 6.45) is 3.19. The van der Waals surface area contributed by atoms with E-state index >= 15 is 0 Å². The van der Waals surface area contributed by atoms with Crippen LogP contribution in [0.25, 0.3) is 11.3 Å². The molecule has 2 rings (SSSR count). The molecule has 0 bridgehead atoms. The fourth-order valence-corrected chi connectivity index (χ4v) is 2.81. The van der Waals surface area contributed by atoms with E-state index in [1.807, 2.05) is 35.7 Å². The summed E-state index contributed by atoms with van der Waals surface area (Å²) >= 11 is 1.53. The Morgan fingerprint density at radius 3 is 2.80 bits per heavy atom. The number of unbranched alkanes of at least 4 members (excludes halogenated alkanes) is 1. The van der Waals surface area contributed by atoms with Crippen LogP contribution in [0.4, 0.5) is 0 Å². The molecule has 0 saturated heterocycles. The number of carbonyl (C=O) groups is 1. The highest BCUT2D eigenvalue weighted by molar-refractivity contribution is 7.10. The van der Waals surface area contributed by atoms with Crippen molar-refractivity contribution in [2.45, 2.75) is 38.6 Å². The lowest BCUT2D eigenvalue weighted by atomic mass is 10.0. The van der Waals surface area contributed by atoms with Crippen LogP contribution in [0.1, 0.15) is 31.2 Å². The van der Waals surface area contributed by atoms with E-state index in [1.165, 1.54) is 11.3 Å². The molecule has 2 N–H and O–H groups in total. The van der Waals surface area contributed by atoms with Gasteiger partial charge in [0.2, 0.25) is 0 Å². The first-order valence-electron chi connectivity index (χ1n) is 6.98. The summed E-state index contributed by atoms with van der Waals surface area (Å²) in [5.74, 6) is 0.0902. The fraction of sp³-hybridized carbons (Fsp3) is 0.375. The van der Waals surface area contributed by atoms with E-state index in [0.717, 1.165) is 35.5 Å². The number of nitrogens with two attached hydrogens (primary N) is 1. The van der Waals surface area contributed by atoms with Crippen molar-refractivity contribution in [3.8, 4) is 11.3 Å². The first-order valence-corrected chi connectivity index (χ1v) is 7.86. The molecule has 0 aliphatic carbocycles. The van der Waals surface area contributed by atoms with Crippen LogP contribution in [0, 0.1) is 0 Å². The number of nitrogens with zero attached hydrogens (tertiary/aromatic N) is 1. The number of hydrogen-bond donors (Lipinski definition) is 1. The molecule has 1 unspecified atom stereocenters. The van der Waals surface area contributed by atoms with Gasteiger partial charge in [-0.3, -0.25) is 4.79 Å². The second-order valence-electron chi connectivity index (χ2n) is 4.88. The molecule has 1 atom stereocenters. The number of aromatic nitrogens is 1. The molecule has 2 aromatic rings. The molecule has 0 amide bonds. The molecule has 1 heterocycles. The number of rotatable bonds is 7. The van der Waals surface area contributed by atoms with Crippen molar-refractivity contribution in [1.29, 1.82) is 0 Å². The Balaban J connectivity index is 1.98. The zero-order valence-electron chi connectivity index (χ0n) is 11.7. The molecule has 0 spiro atoms. The van der Waals surface area contributed by atoms with Crippen LogP contribution < -0.4 is 5.73 Å². The summed E-state index contributed by atoms with van der Waals surface area (Å²) in [5.41, 5.74) is 7.91. The van der Waals surface area contributed by atoms with Gasteiger partial charge in [0.05, 0.1) is 18.2 Å². The van der Waals surface area contributed by atoms with E-state index in [1.54, 1.807) is 0 Å². The second-order valence-corrected chi connectivity index (χ2v) is 5.83. The van der Waals surface area contributed by atoms with Crippen LogP contribution >= 0.6 is 11.3 Å². The molecule has 1 aromatic heterocycles.